The zero-order chi connectivity index (χ0) is 14.9. The molecule has 2 heterocycles. The number of sulfonamides is 1. The van der Waals surface area contributed by atoms with Gasteiger partial charge in [0, 0.05) is 15.3 Å². The Labute approximate surface area is 131 Å². The molecule has 1 aromatic carbocycles. The van der Waals surface area contributed by atoms with E-state index in [-0.39, 0.29) is 0 Å². The first kappa shape index (κ1) is 14.5. The minimum atomic E-state index is -3.53. The fourth-order valence-corrected chi connectivity index (χ4v) is 5.21. The van der Waals surface area contributed by atoms with Crippen LogP contribution in [0.3, 0.4) is 0 Å². The molecule has 0 aliphatic rings. The second-order valence-electron chi connectivity index (χ2n) is 4.54. The van der Waals surface area contributed by atoms with Gasteiger partial charge in [0.25, 0.3) is 10.0 Å². The summed E-state index contributed by atoms with van der Waals surface area (Å²) in [4.78, 5) is 0.978. The van der Waals surface area contributed by atoms with Gasteiger partial charge in [-0.15, -0.1) is 22.7 Å². The van der Waals surface area contributed by atoms with Crippen LogP contribution in [0.5, 0.6) is 0 Å². The van der Waals surface area contributed by atoms with E-state index in [2.05, 4.69) is 4.72 Å². The summed E-state index contributed by atoms with van der Waals surface area (Å²) in [6.07, 6.45) is 0.695. The molecule has 0 fully saturated rings. The van der Waals surface area contributed by atoms with Crippen molar-refractivity contribution in [1.82, 2.24) is 0 Å². The second-order valence-corrected chi connectivity index (χ2v) is 8.56. The molecule has 21 heavy (non-hydrogen) atoms. The fourth-order valence-electron chi connectivity index (χ4n) is 2.01. The third kappa shape index (κ3) is 3.11. The molecule has 0 unspecified atom stereocenters. The molecular formula is C14H14N2O2S3. The molecule has 0 aliphatic heterocycles. The largest absolute Gasteiger partial charge is 0.330 e. The SMILES string of the molecule is NCCc1ccc(S(=O)(=O)Nc2ccc3sccc3c2)s1. The van der Waals surface area contributed by atoms with Crippen molar-refractivity contribution in [3.05, 3.63) is 46.7 Å². The van der Waals surface area contributed by atoms with Gasteiger partial charge in [0.15, 0.2) is 0 Å². The molecule has 0 radical (unpaired) electrons. The van der Waals surface area contributed by atoms with Crippen LogP contribution in [0.15, 0.2) is 46.0 Å². The van der Waals surface area contributed by atoms with Gasteiger partial charge in [-0.3, -0.25) is 4.72 Å². The molecule has 3 N–H and O–H groups in total. The van der Waals surface area contributed by atoms with Crippen molar-refractivity contribution in [3.63, 3.8) is 0 Å². The highest BCUT2D eigenvalue weighted by Crippen LogP contribution is 2.27. The Hall–Kier alpha value is -1.41. The molecule has 3 rings (SSSR count). The molecule has 0 saturated heterocycles. The van der Waals surface area contributed by atoms with Gasteiger partial charge in [-0.2, -0.15) is 0 Å². The van der Waals surface area contributed by atoms with Gasteiger partial charge >= 0.3 is 0 Å². The molecule has 0 spiro atoms. The average molecular weight is 338 g/mol. The molecule has 0 saturated carbocycles. The lowest BCUT2D eigenvalue weighted by Gasteiger charge is -2.06. The highest BCUT2D eigenvalue weighted by Gasteiger charge is 2.17. The lowest BCUT2D eigenvalue weighted by Crippen LogP contribution is -2.11. The zero-order valence-corrected chi connectivity index (χ0v) is 13.5. The van der Waals surface area contributed by atoms with Crippen LogP contribution in [-0.2, 0) is 16.4 Å². The average Bonchev–Trinajstić information content (AvgIpc) is 3.07. The summed E-state index contributed by atoms with van der Waals surface area (Å²) in [6, 6.07) is 11.0. The fraction of sp³-hybridized carbons (Fsp3) is 0.143. The van der Waals surface area contributed by atoms with E-state index in [1.165, 1.54) is 11.3 Å². The lowest BCUT2D eigenvalue weighted by atomic mass is 10.2. The van der Waals surface area contributed by atoms with Crippen molar-refractivity contribution in [3.8, 4) is 0 Å². The first-order valence-electron chi connectivity index (χ1n) is 6.37. The molecule has 2 aromatic heterocycles. The first-order chi connectivity index (χ1) is 10.1. The molecule has 110 valence electrons. The number of fused-ring (bicyclic) bond motifs is 1. The number of nitrogens with two attached hydrogens (primary N) is 1. The van der Waals surface area contributed by atoms with Crippen molar-refractivity contribution >= 4 is 48.5 Å². The van der Waals surface area contributed by atoms with Crippen molar-refractivity contribution < 1.29 is 8.42 Å². The van der Waals surface area contributed by atoms with Gasteiger partial charge < -0.3 is 5.73 Å². The smallest absolute Gasteiger partial charge is 0.271 e. The van der Waals surface area contributed by atoms with E-state index in [1.54, 1.807) is 23.5 Å². The molecule has 0 aliphatic carbocycles. The summed E-state index contributed by atoms with van der Waals surface area (Å²) in [5, 5.41) is 3.02. The number of hydrogen-bond donors (Lipinski definition) is 2. The van der Waals surface area contributed by atoms with Crippen LogP contribution in [0.2, 0.25) is 0 Å². The second kappa shape index (κ2) is 5.76. The Balaban J connectivity index is 1.87. The van der Waals surface area contributed by atoms with E-state index in [0.717, 1.165) is 15.0 Å². The number of thiophene rings is 2. The van der Waals surface area contributed by atoms with Crippen molar-refractivity contribution in [2.45, 2.75) is 10.6 Å². The van der Waals surface area contributed by atoms with Crippen LogP contribution in [-0.4, -0.2) is 15.0 Å². The molecular weight excluding hydrogens is 324 g/mol. The Bertz CT molecular complexity index is 865. The predicted molar refractivity (Wildman–Crippen MR) is 89.7 cm³/mol. The van der Waals surface area contributed by atoms with E-state index in [9.17, 15) is 8.42 Å². The van der Waals surface area contributed by atoms with E-state index in [0.29, 0.717) is 22.9 Å². The van der Waals surface area contributed by atoms with Gasteiger partial charge in [0.05, 0.1) is 0 Å². The first-order valence-corrected chi connectivity index (χ1v) is 9.55. The van der Waals surface area contributed by atoms with Gasteiger partial charge in [0.2, 0.25) is 0 Å². The normalized spacial score (nSPS) is 11.9. The van der Waals surface area contributed by atoms with Crippen molar-refractivity contribution in [2.75, 3.05) is 11.3 Å². The highest BCUT2D eigenvalue weighted by atomic mass is 32.2. The summed E-state index contributed by atoms with van der Waals surface area (Å²) in [6.45, 7) is 0.516. The van der Waals surface area contributed by atoms with Crippen LogP contribution < -0.4 is 10.5 Å². The Morgan fingerprint density at radius 3 is 2.81 bits per heavy atom. The Morgan fingerprint density at radius 2 is 2.00 bits per heavy atom. The van der Waals surface area contributed by atoms with Gasteiger partial charge in [0.1, 0.15) is 4.21 Å². The quantitative estimate of drug-likeness (QED) is 0.750. The predicted octanol–water partition coefficient (Wildman–Crippen LogP) is 3.26. The topological polar surface area (TPSA) is 72.2 Å². The summed E-state index contributed by atoms with van der Waals surface area (Å²) in [5.74, 6) is 0. The minimum Gasteiger partial charge on any atom is -0.330 e. The van der Waals surface area contributed by atoms with E-state index in [1.807, 2.05) is 29.6 Å². The summed E-state index contributed by atoms with van der Waals surface area (Å²) in [5.41, 5.74) is 6.07. The molecule has 0 bridgehead atoms. The standard InChI is InChI=1S/C14H14N2O2S3/c15-7-5-12-2-4-14(20-12)21(17,18)16-11-1-3-13-10(9-11)6-8-19-13/h1-4,6,8-9,16H,5,7,15H2. The minimum absolute atomic E-state index is 0.316. The van der Waals surface area contributed by atoms with Gasteiger partial charge in [-0.25, -0.2) is 8.42 Å². The number of rotatable bonds is 5. The van der Waals surface area contributed by atoms with E-state index >= 15 is 0 Å². The summed E-state index contributed by atoms with van der Waals surface area (Å²) >= 11 is 2.89. The Morgan fingerprint density at radius 1 is 1.14 bits per heavy atom. The molecule has 4 nitrogen and oxygen atoms in total. The van der Waals surface area contributed by atoms with Gasteiger partial charge in [-0.05, 0) is 60.1 Å². The van der Waals surface area contributed by atoms with Crippen LogP contribution in [0.4, 0.5) is 5.69 Å². The lowest BCUT2D eigenvalue weighted by molar-refractivity contribution is 0.603. The number of hydrogen-bond acceptors (Lipinski definition) is 5. The number of benzene rings is 1. The summed E-state index contributed by atoms with van der Waals surface area (Å²) in [7, 11) is -3.53. The highest BCUT2D eigenvalue weighted by molar-refractivity contribution is 7.94. The van der Waals surface area contributed by atoms with Crippen LogP contribution >= 0.6 is 22.7 Å². The van der Waals surface area contributed by atoms with Crippen LogP contribution in [0.1, 0.15) is 4.88 Å². The maximum Gasteiger partial charge on any atom is 0.271 e. The number of nitrogens with one attached hydrogen (secondary N) is 1. The van der Waals surface area contributed by atoms with Crippen molar-refractivity contribution in [2.24, 2.45) is 5.73 Å². The maximum atomic E-state index is 12.4. The van der Waals surface area contributed by atoms with Crippen molar-refractivity contribution in [1.29, 1.82) is 0 Å². The molecule has 0 atom stereocenters. The Kier molecular flexibility index (Phi) is 3.99. The molecule has 7 heteroatoms. The third-order valence-electron chi connectivity index (χ3n) is 3.00. The van der Waals surface area contributed by atoms with Crippen LogP contribution in [0, 0.1) is 0 Å². The maximum absolute atomic E-state index is 12.4. The number of anilines is 1. The zero-order valence-electron chi connectivity index (χ0n) is 11.1. The summed E-state index contributed by atoms with van der Waals surface area (Å²) < 4.78 is 28.8. The third-order valence-corrected chi connectivity index (χ3v) is 6.91. The van der Waals surface area contributed by atoms with E-state index in [4.69, 9.17) is 5.73 Å². The van der Waals surface area contributed by atoms with E-state index < -0.39 is 10.0 Å². The molecule has 0 amide bonds. The molecule has 3 aromatic rings. The van der Waals surface area contributed by atoms with Crippen LogP contribution in [0.25, 0.3) is 10.1 Å². The van der Waals surface area contributed by atoms with Gasteiger partial charge in [-0.1, -0.05) is 0 Å². The monoisotopic (exact) mass is 338 g/mol.